The molecule has 0 aromatic heterocycles. The Hall–Kier alpha value is -1.51. The van der Waals surface area contributed by atoms with Crippen molar-refractivity contribution in [3.05, 3.63) is 35.6 Å². The van der Waals surface area contributed by atoms with E-state index in [1.165, 1.54) is 16.4 Å². The zero-order valence-corrected chi connectivity index (χ0v) is 15.2. The van der Waals surface area contributed by atoms with E-state index in [9.17, 15) is 17.6 Å². The highest BCUT2D eigenvalue weighted by molar-refractivity contribution is 7.88. The van der Waals surface area contributed by atoms with Gasteiger partial charge in [-0.15, -0.1) is 0 Å². The smallest absolute Gasteiger partial charge is 0.241 e. The van der Waals surface area contributed by atoms with Crippen LogP contribution in [0.1, 0.15) is 18.4 Å². The fourth-order valence-corrected chi connectivity index (χ4v) is 4.73. The maximum atomic E-state index is 13.3. The molecule has 1 aromatic carbocycles. The van der Waals surface area contributed by atoms with Crippen molar-refractivity contribution in [2.24, 2.45) is 0 Å². The number of nitrogens with zero attached hydrogens (tertiary/aromatic N) is 3. The Morgan fingerprint density at radius 1 is 1.20 bits per heavy atom. The van der Waals surface area contributed by atoms with Crippen LogP contribution in [0.5, 0.6) is 0 Å². The molecule has 0 N–H and O–H groups in total. The molecule has 0 saturated carbocycles. The van der Waals surface area contributed by atoms with Crippen molar-refractivity contribution in [2.75, 3.05) is 39.0 Å². The van der Waals surface area contributed by atoms with Gasteiger partial charge in [0.2, 0.25) is 15.9 Å². The van der Waals surface area contributed by atoms with Gasteiger partial charge in [0.25, 0.3) is 0 Å². The Kier molecular flexibility index (Phi) is 5.41. The lowest BCUT2D eigenvalue weighted by Gasteiger charge is -2.37. The van der Waals surface area contributed by atoms with Gasteiger partial charge in [-0.25, -0.2) is 12.8 Å². The van der Waals surface area contributed by atoms with Gasteiger partial charge in [0.15, 0.2) is 0 Å². The number of sulfonamides is 1. The number of benzene rings is 1. The summed E-state index contributed by atoms with van der Waals surface area (Å²) in [5.74, 6) is -0.332. The van der Waals surface area contributed by atoms with Gasteiger partial charge in [-0.3, -0.25) is 9.69 Å². The summed E-state index contributed by atoms with van der Waals surface area (Å²) < 4.78 is 38.3. The SMILES string of the molecule is CS(=O)(=O)N1CCC[C@H]1C(=O)N1CCN(Cc2cccc(F)c2)CC1. The van der Waals surface area contributed by atoms with E-state index in [1.807, 2.05) is 6.07 Å². The summed E-state index contributed by atoms with van der Waals surface area (Å²) in [7, 11) is -3.35. The van der Waals surface area contributed by atoms with Crippen molar-refractivity contribution >= 4 is 15.9 Å². The molecule has 2 heterocycles. The van der Waals surface area contributed by atoms with E-state index in [4.69, 9.17) is 0 Å². The molecule has 0 radical (unpaired) electrons. The van der Waals surface area contributed by atoms with E-state index in [1.54, 1.807) is 11.0 Å². The third-order valence-corrected chi connectivity index (χ3v) is 6.18. The van der Waals surface area contributed by atoms with Crippen LogP contribution in [0.3, 0.4) is 0 Å². The molecule has 0 unspecified atom stereocenters. The predicted molar refractivity (Wildman–Crippen MR) is 92.8 cm³/mol. The minimum atomic E-state index is -3.35. The molecular formula is C17H24FN3O3S. The number of rotatable bonds is 4. The van der Waals surface area contributed by atoms with Gasteiger partial charge in [0, 0.05) is 39.3 Å². The van der Waals surface area contributed by atoms with Crippen molar-refractivity contribution in [2.45, 2.75) is 25.4 Å². The third-order valence-electron chi connectivity index (χ3n) is 4.89. The molecule has 6 nitrogen and oxygen atoms in total. The summed E-state index contributed by atoms with van der Waals surface area (Å²) in [5.41, 5.74) is 0.916. The standard InChI is InChI=1S/C17H24FN3O3S/c1-25(23,24)21-7-3-6-16(21)17(22)20-10-8-19(9-11-20)13-14-4-2-5-15(18)12-14/h2,4-5,12,16H,3,6-11,13H2,1H3/t16-/m0/s1. The predicted octanol–water partition coefficient (Wildman–Crippen LogP) is 0.894. The van der Waals surface area contributed by atoms with E-state index in [0.717, 1.165) is 18.2 Å². The normalized spacial score (nSPS) is 23.1. The van der Waals surface area contributed by atoms with Gasteiger partial charge < -0.3 is 4.90 Å². The minimum absolute atomic E-state index is 0.0895. The molecule has 2 saturated heterocycles. The number of carbonyl (C=O) groups is 1. The van der Waals surface area contributed by atoms with E-state index < -0.39 is 16.1 Å². The van der Waals surface area contributed by atoms with Gasteiger partial charge in [-0.2, -0.15) is 4.31 Å². The number of hydrogen-bond donors (Lipinski definition) is 0. The van der Waals surface area contributed by atoms with E-state index >= 15 is 0 Å². The molecule has 2 aliphatic rings. The Balaban J connectivity index is 1.56. The fraction of sp³-hybridized carbons (Fsp3) is 0.588. The van der Waals surface area contributed by atoms with Gasteiger partial charge in [0.1, 0.15) is 11.9 Å². The number of amides is 1. The Bertz CT molecular complexity index is 732. The van der Waals surface area contributed by atoms with Gasteiger partial charge in [-0.1, -0.05) is 12.1 Å². The van der Waals surface area contributed by atoms with E-state index in [2.05, 4.69) is 4.90 Å². The second-order valence-electron chi connectivity index (χ2n) is 6.76. The first-order valence-electron chi connectivity index (χ1n) is 8.57. The molecule has 2 fully saturated rings. The molecule has 1 atom stereocenters. The van der Waals surface area contributed by atoms with E-state index in [-0.39, 0.29) is 11.7 Å². The summed E-state index contributed by atoms with van der Waals surface area (Å²) in [6.45, 7) is 3.62. The van der Waals surface area contributed by atoms with Crippen LogP contribution in [0, 0.1) is 5.82 Å². The quantitative estimate of drug-likeness (QED) is 0.791. The fourth-order valence-electron chi connectivity index (χ4n) is 3.61. The van der Waals surface area contributed by atoms with Crippen molar-refractivity contribution in [3.8, 4) is 0 Å². The lowest BCUT2D eigenvalue weighted by molar-refractivity contribution is -0.136. The monoisotopic (exact) mass is 369 g/mol. The van der Waals surface area contributed by atoms with Crippen molar-refractivity contribution in [1.82, 2.24) is 14.1 Å². The van der Waals surface area contributed by atoms with Crippen molar-refractivity contribution in [3.63, 3.8) is 0 Å². The topological polar surface area (TPSA) is 60.9 Å². The van der Waals surface area contributed by atoms with Crippen molar-refractivity contribution < 1.29 is 17.6 Å². The van der Waals surface area contributed by atoms with Crippen LogP contribution in [0.25, 0.3) is 0 Å². The zero-order chi connectivity index (χ0) is 18.0. The lowest BCUT2D eigenvalue weighted by Crippen LogP contribution is -2.54. The Labute approximate surface area is 148 Å². The molecular weight excluding hydrogens is 345 g/mol. The van der Waals surface area contributed by atoms with Crippen LogP contribution >= 0.6 is 0 Å². The highest BCUT2D eigenvalue weighted by Gasteiger charge is 2.39. The lowest BCUT2D eigenvalue weighted by atomic mass is 10.1. The summed E-state index contributed by atoms with van der Waals surface area (Å²) in [6, 6.07) is 5.99. The number of halogens is 1. The maximum absolute atomic E-state index is 13.3. The largest absolute Gasteiger partial charge is 0.339 e. The molecule has 0 spiro atoms. The van der Waals surface area contributed by atoms with Crippen LogP contribution in [-0.2, 0) is 21.4 Å². The molecule has 1 aromatic rings. The number of piperazine rings is 1. The number of carbonyl (C=O) groups excluding carboxylic acids is 1. The molecule has 0 bridgehead atoms. The maximum Gasteiger partial charge on any atom is 0.241 e. The second-order valence-corrected chi connectivity index (χ2v) is 8.70. The number of hydrogen-bond acceptors (Lipinski definition) is 4. The van der Waals surface area contributed by atoms with Crippen LogP contribution in [0.15, 0.2) is 24.3 Å². The molecule has 0 aliphatic carbocycles. The molecule has 8 heteroatoms. The first-order chi connectivity index (χ1) is 11.8. The molecule has 3 rings (SSSR count). The highest BCUT2D eigenvalue weighted by Crippen LogP contribution is 2.23. The van der Waals surface area contributed by atoms with Gasteiger partial charge in [-0.05, 0) is 30.5 Å². The van der Waals surface area contributed by atoms with Crippen LogP contribution in [0.4, 0.5) is 4.39 Å². The molecule has 25 heavy (non-hydrogen) atoms. The van der Waals surface area contributed by atoms with Gasteiger partial charge in [0.05, 0.1) is 6.26 Å². The summed E-state index contributed by atoms with van der Waals surface area (Å²) in [5, 5.41) is 0. The second kappa shape index (κ2) is 7.39. The average Bonchev–Trinajstić information content (AvgIpc) is 3.05. The van der Waals surface area contributed by atoms with Crippen LogP contribution in [0.2, 0.25) is 0 Å². The summed E-state index contributed by atoms with van der Waals surface area (Å²) in [6.07, 6.45) is 2.48. The first kappa shape index (κ1) is 18.3. The van der Waals surface area contributed by atoms with Gasteiger partial charge >= 0.3 is 0 Å². The zero-order valence-electron chi connectivity index (χ0n) is 14.4. The molecule has 2 aliphatic heterocycles. The van der Waals surface area contributed by atoms with E-state index in [0.29, 0.717) is 45.7 Å². The van der Waals surface area contributed by atoms with Crippen LogP contribution < -0.4 is 0 Å². The van der Waals surface area contributed by atoms with Crippen LogP contribution in [-0.4, -0.2) is 73.5 Å². The average molecular weight is 369 g/mol. The Morgan fingerprint density at radius 2 is 1.92 bits per heavy atom. The minimum Gasteiger partial charge on any atom is -0.339 e. The summed E-state index contributed by atoms with van der Waals surface area (Å²) >= 11 is 0. The molecule has 1 amide bonds. The van der Waals surface area contributed by atoms with Crippen molar-refractivity contribution in [1.29, 1.82) is 0 Å². The molecule has 138 valence electrons. The Morgan fingerprint density at radius 3 is 2.56 bits per heavy atom. The highest BCUT2D eigenvalue weighted by atomic mass is 32.2. The summed E-state index contributed by atoms with van der Waals surface area (Å²) in [4.78, 5) is 16.7. The first-order valence-corrected chi connectivity index (χ1v) is 10.4. The third kappa shape index (κ3) is 4.37.